The number of nitrogens with zero attached hydrogens (tertiary/aromatic N) is 3. The third-order valence-electron chi connectivity index (χ3n) is 3.54. The maximum atomic E-state index is 11.4. The van der Waals surface area contributed by atoms with Crippen LogP contribution < -0.4 is 4.72 Å². The van der Waals surface area contributed by atoms with E-state index in [9.17, 15) is 8.42 Å². The molecule has 0 aromatic carbocycles. The minimum absolute atomic E-state index is 0.0214. The van der Waals surface area contributed by atoms with Crippen molar-refractivity contribution in [1.82, 2.24) is 14.5 Å². The molecule has 1 rings (SSSR count). The number of hydrogen-bond acceptors (Lipinski definition) is 3. The number of hydrogen-bond donors (Lipinski definition) is 1. The number of sulfonamides is 1. The molecule has 1 N–H and O–H groups in total. The van der Waals surface area contributed by atoms with Gasteiger partial charge in [0.25, 0.3) is 0 Å². The molecule has 0 heterocycles. The van der Waals surface area contributed by atoms with Crippen molar-refractivity contribution in [1.29, 1.82) is 0 Å². The Bertz CT molecular complexity index is 422. The highest BCUT2D eigenvalue weighted by atomic mass is 32.2. The molecular weight excluding hydrogens is 276 g/mol. The van der Waals surface area contributed by atoms with Crippen LogP contribution in [0.15, 0.2) is 4.99 Å². The van der Waals surface area contributed by atoms with E-state index in [0.717, 1.165) is 31.6 Å². The van der Waals surface area contributed by atoms with Crippen LogP contribution in [0.1, 0.15) is 25.7 Å². The molecule has 2 atom stereocenters. The smallest absolute Gasteiger partial charge is 0.208 e. The number of guanidine groups is 1. The molecule has 1 saturated carbocycles. The molecule has 0 spiro atoms. The van der Waals surface area contributed by atoms with Gasteiger partial charge in [0.15, 0.2) is 5.96 Å². The molecule has 0 aromatic heterocycles. The van der Waals surface area contributed by atoms with Crippen molar-refractivity contribution in [2.24, 2.45) is 10.9 Å². The van der Waals surface area contributed by atoms with Gasteiger partial charge in [0.1, 0.15) is 0 Å². The van der Waals surface area contributed by atoms with Gasteiger partial charge < -0.3 is 9.80 Å². The summed E-state index contributed by atoms with van der Waals surface area (Å²) >= 11 is 0. The maximum Gasteiger partial charge on any atom is 0.208 e. The van der Waals surface area contributed by atoms with Crippen LogP contribution in [0.25, 0.3) is 0 Å². The van der Waals surface area contributed by atoms with Crippen molar-refractivity contribution in [2.45, 2.75) is 31.7 Å². The van der Waals surface area contributed by atoms with Crippen LogP contribution in [-0.4, -0.2) is 71.2 Å². The van der Waals surface area contributed by atoms with Crippen LogP contribution >= 0.6 is 0 Å². The average molecular weight is 304 g/mol. The topological polar surface area (TPSA) is 65.0 Å². The molecule has 1 aliphatic rings. The largest absolute Gasteiger partial charge is 0.349 e. The fraction of sp³-hybridized carbons (Fsp3) is 0.923. The highest BCUT2D eigenvalue weighted by molar-refractivity contribution is 7.88. The predicted molar refractivity (Wildman–Crippen MR) is 83.4 cm³/mol. The quantitative estimate of drug-likeness (QED) is 0.609. The molecule has 1 fully saturated rings. The van der Waals surface area contributed by atoms with Crippen molar-refractivity contribution >= 4 is 16.0 Å². The second-order valence-electron chi connectivity index (χ2n) is 5.97. The molecule has 20 heavy (non-hydrogen) atoms. The van der Waals surface area contributed by atoms with Gasteiger partial charge in [-0.2, -0.15) is 0 Å². The molecule has 1 aliphatic carbocycles. The Labute approximate surface area is 123 Å². The van der Waals surface area contributed by atoms with Crippen LogP contribution in [0.5, 0.6) is 0 Å². The zero-order valence-corrected chi connectivity index (χ0v) is 14.1. The van der Waals surface area contributed by atoms with E-state index in [1.165, 1.54) is 6.26 Å². The predicted octanol–water partition coefficient (Wildman–Crippen LogP) is 0.574. The van der Waals surface area contributed by atoms with E-state index in [0.29, 0.717) is 6.54 Å². The second-order valence-corrected chi connectivity index (χ2v) is 7.75. The number of nitrogens with one attached hydrogen (secondary N) is 1. The molecule has 0 radical (unpaired) electrons. The second kappa shape index (κ2) is 7.26. The Morgan fingerprint density at radius 2 is 1.70 bits per heavy atom. The van der Waals surface area contributed by atoms with Gasteiger partial charge in [-0.1, -0.05) is 12.8 Å². The lowest BCUT2D eigenvalue weighted by molar-refractivity contribution is 0.295. The molecule has 2 unspecified atom stereocenters. The molecule has 0 aliphatic heterocycles. The van der Waals surface area contributed by atoms with Crippen LogP contribution in [0, 0.1) is 5.92 Å². The first kappa shape index (κ1) is 17.2. The van der Waals surface area contributed by atoms with Crippen molar-refractivity contribution < 1.29 is 8.42 Å². The Hall–Kier alpha value is -0.820. The summed E-state index contributed by atoms with van der Waals surface area (Å²) in [4.78, 5) is 8.61. The normalized spacial score (nSPS) is 23.2. The highest BCUT2D eigenvalue weighted by Gasteiger charge is 2.27. The van der Waals surface area contributed by atoms with Gasteiger partial charge in [-0.25, -0.2) is 13.1 Å². The lowest BCUT2D eigenvalue weighted by Crippen LogP contribution is -2.43. The lowest BCUT2D eigenvalue weighted by Gasteiger charge is -2.31. The monoisotopic (exact) mass is 304 g/mol. The molecule has 6 nitrogen and oxygen atoms in total. The van der Waals surface area contributed by atoms with Crippen LogP contribution in [0.4, 0.5) is 0 Å². The average Bonchev–Trinajstić information content (AvgIpc) is 2.28. The van der Waals surface area contributed by atoms with Gasteiger partial charge in [-0.05, 0) is 18.8 Å². The van der Waals surface area contributed by atoms with Gasteiger partial charge in [0.05, 0.1) is 6.26 Å². The Morgan fingerprint density at radius 3 is 2.20 bits per heavy atom. The molecule has 7 heteroatoms. The SMILES string of the molecule is CN(C)C(=NCC1CCCCC1NS(C)(=O)=O)N(C)C. The zero-order valence-electron chi connectivity index (χ0n) is 13.3. The van der Waals surface area contributed by atoms with E-state index in [-0.39, 0.29) is 12.0 Å². The first-order valence-corrected chi connectivity index (χ1v) is 8.96. The molecule has 0 aromatic rings. The summed E-state index contributed by atoms with van der Waals surface area (Å²) in [6.07, 6.45) is 5.41. The Balaban J connectivity index is 2.74. The van der Waals surface area contributed by atoms with Gasteiger partial charge in [-0.15, -0.1) is 0 Å². The van der Waals surface area contributed by atoms with E-state index in [4.69, 9.17) is 0 Å². The lowest BCUT2D eigenvalue weighted by atomic mass is 9.85. The minimum atomic E-state index is -3.15. The van der Waals surface area contributed by atoms with Gasteiger partial charge in [0.2, 0.25) is 10.0 Å². The summed E-state index contributed by atoms with van der Waals surface area (Å²) in [5.41, 5.74) is 0. The molecule has 0 amide bonds. The molecule has 0 saturated heterocycles. The zero-order chi connectivity index (χ0) is 15.3. The maximum absolute atomic E-state index is 11.4. The van der Waals surface area contributed by atoms with Gasteiger partial charge in [0, 0.05) is 40.8 Å². The standard InChI is InChI=1S/C13H28N4O2S/c1-16(2)13(17(3)4)14-10-11-8-6-7-9-12(11)15-20(5,18)19/h11-12,15H,6-10H2,1-5H3. The summed E-state index contributed by atoms with van der Waals surface area (Å²) in [5.74, 6) is 1.20. The van der Waals surface area contributed by atoms with Crippen molar-refractivity contribution in [3.8, 4) is 0 Å². The first-order chi connectivity index (χ1) is 9.20. The Morgan fingerprint density at radius 1 is 1.15 bits per heavy atom. The van der Waals surface area contributed by atoms with E-state index in [1.54, 1.807) is 0 Å². The van der Waals surface area contributed by atoms with E-state index < -0.39 is 10.0 Å². The molecule has 0 bridgehead atoms. The highest BCUT2D eigenvalue weighted by Crippen LogP contribution is 2.25. The van der Waals surface area contributed by atoms with Crippen molar-refractivity contribution in [3.63, 3.8) is 0 Å². The van der Waals surface area contributed by atoms with Crippen molar-refractivity contribution in [2.75, 3.05) is 41.0 Å². The third-order valence-corrected chi connectivity index (χ3v) is 4.27. The fourth-order valence-corrected chi connectivity index (χ4v) is 3.60. The first-order valence-electron chi connectivity index (χ1n) is 7.07. The van der Waals surface area contributed by atoms with Crippen molar-refractivity contribution in [3.05, 3.63) is 0 Å². The minimum Gasteiger partial charge on any atom is -0.349 e. The van der Waals surface area contributed by atoms with Crippen LogP contribution in [-0.2, 0) is 10.0 Å². The van der Waals surface area contributed by atoms with Crippen LogP contribution in [0.2, 0.25) is 0 Å². The summed E-state index contributed by atoms with van der Waals surface area (Å²) < 4.78 is 25.6. The number of rotatable bonds is 4. The Kier molecular flexibility index (Phi) is 6.26. The van der Waals surface area contributed by atoms with E-state index in [1.807, 2.05) is 38.0 Å². The van der Waals surface area contributed by atoms with E-state index >= 15 is 0 Å². The van der Waals surface area contributed by atoms with E-state index in [2.05, 4.69) is 9.71 Å². The fourth-order valence-electron chi connectivity index (χ4n) is 2.74. The summed E-state index contributed by atoms with van der Waals surface area (Å²) in [6, 6.07) is 0.0214. The van der Waals surface area contributed by atoms with Crippen LogP contribution in [0.3, 0.4) is 0 Å². The molecular formula is C13H28N4O2S. The van der Waals surface area contributed by atoms with Gasteiger partial charge >= 0.3 is 0 Å². The third kappa shape index (κ3) is 5.66. The summed E-state index contributed by atoms with van der Waals surface area (Å²) in [5, 5.41) is 0. The summed E-state index contributed by atoms with van der Waals surface area (Å²) in [6.45, 7) is 0.666. The summed E-state index contributed by atoms with van der Waals surface area (Å²) in [7, 11) is 4.71. The molecule has 118 valence electrons. The number of aliphatic imine (C=N–C) groups is 1. The van der Waals surface area contributed by atoms with Gasteiger partial charge in [-0.3, -0.25) is 4.99 Å².